The van der Waals surface area contributed by atoms with Crippen LogP contribution < -0.4 is 5.32 Å². The van der Waals surface area contributed by atoms with Gasteiger partial charge >= 0.3 is 0 Å². The number of hydrogen-bond acceptors (Lipinski definition) is 1. The first kappa shape index (κ1) is 24.5. The normalized spacial score (nSPS) is 10.6. The maximum Gasteiger partial charge on any atom is -0.00489 e. The monoisotopic (exact) mass is 333 g/mol. The van der Waals surface area contributed by atoms with Crippen molar-refractivity contribution < 1.29 is 0 Å². The highest BCUT2D eigenvalue weighted by Gasteiger charge is 1.93. The van der Waals surface area contributed by atoms with Crippen molar-refractivity contribution in [3.63, 3.8) is 0 Å². The van der Waals surface area contributed by atoms with Crippen molar-refractivity contribution in [3.8, 4) is 0 Å². The molecule has 0 aliphatic rings. The molecule has 0 atom stereocenters. The molecule has 1 nitrogen and oxygen atoms in total. The lowest BCUT2D eigenvalue weighted by atomic mass is 10.1. The quantitative estimate of drug-likeness (QED) is 0.260. The first-order chi connectivity index (χ1) is 10.4. The van der Waals surface area contributed by atoms with Crippen LogP contribution in [0.1, 0.15) is 117 Å². The summed E-state index contributed by atoms with van der Waals surface area (Å²) in [4.78, 5) is 0. The van der Waals surface area contributed by atoms with Crippen LogP contribution in [-0.2, 0) is 0 Å². The predicted molar refractivity (Wildman–Crippen MR) is 105 cm³/mol. The van der Waals surface area contributed by atoms with Crippen molar-refractivity contribution in [2.45, 2.75) is 117 Å². The summed E-state index contributed by atoms with van der Waals surface area (Å²) in [6, 6.07) is 0. The predicted octanol–water partition coefficient (Wildman–Crippen LogP) is 7.28. The highest BCUT2D eigenvalue weighted by Crippen LogP contribution is 2.10. The minimum Gasteiger partial charge on any atom is -0.317 e. The zero-order valence-electron chi connectivity index (χ0n) is 15.6. The molecule has 0 fully saturated rings. The fraction of sp³-hybridized carbons (Fsp3) is 1.00. The standard InChI is InChI=1S/C20H43N.ClH/c1-3-5-7-9-11-12-13-14-16-18-20-21-19-17-15-10-8-6-4-2;/h21H,3-20H2,1-2H3;1H. The van der Waals surface area contributed by atoms with Crippen LogP contribution in [0.25, 0.3) is 0 Å². The van der Waals surface area contributed by atoms with Crippen molar-refractivity contribution in [1.82, 2.24) is 5.32 Å². The molecule has 0 saturated carbocycles. The average molecular weight is 334 g/mol. The summed E-state index contributed by atoms with van der Waals surface area (Å²) in [6.45, 7) is 7.06. The molecule has 0 unspecified atom stereocenters. The van der Waals surface area contributed by atoms with Crippen LogP contribution >= 0.6 is 12.4 Å². The van der Waals surface area contributed by atoms with Gasteiger partial charge in [-0.15, -0.1) is 12.4 Å². The van der Waals surface area contributed by atoms with Gasteiger partial charge in [0.2, 0.25) is 0 Å². The van der Waals surface area contributed by atoms with Gasteiger partial charge in [0.1, 0.15) is 0 Å². The zero-order chi connectivity index (χ0) is 15.4. The maximum absolute atomic E-state index is 3.60. The molecule has 0 bridgehead atoms. The van der Waals surface area contributed by atoms with E-state index >= 15 is 0 Å². The largest absolute Gasteiger partial charge is 0.317 e. The third-order valence-corrected chi connectivity index (χ3v) is 4.41. The maximum atomic E-state index is 3.60. The van der Waals surface area contributed by atoms with Crippen molar-refractivity contribution >= 4 is 12.4 Å². The lowest BCUT2D eigenvalue weighted by Gasteiger charge is -2.05. The van der Waals surface area contributed by atoms with Gasteiger partial charge < -0.3 is 5.32 Å². The molecule has 136 valence electrons. The Balaban J connectivity index is 0. The highest BCUT2D eigenvalue weighted by atomic mass is 35.5. The summed E-state index contributed by atoms with van der Waals surface area (Å²) < 4.78 is 0. The van der Waals surface area contributed by atoms with Gasteiger partial charge in [0.25, 0.3) is 0 Å². The molecule has 0 rings (SSSR count). The molecule has 0 amide bonds. The van der Waals surface area contributed by atoms with E-state index in [2.05, 4.69) is 19.2 Å². The Hall–Kier alpha value is 0.250. The van der Waals surface area contributed by atoms with E-state index in [1.807, 2.05) is 0 Å². The first-order valence-corrected chi connectivity index (χ1v) is 10.1. The lowest BCUT2D eigenvalue weighted by Crippen LogP contribution is -2.16. The second-order valence-corrected chi connectivity index (χ2v) is 6.70. The van der Waals surface area contributed by atoms with E-state index in [1.165, 1.54) is 116 Å². The van der Waals surface area contributed by atoms with Crippen LogP contribution in [0.4, 0.5) is 0 Å². The number of unbranched alkanes of at least 4 members (excludes halogenated alkanes) is 14. The second-order valence-electron chi connectivity index (χ2n) is 6.70. The first-order valence-electron chi connectivity index (χ1n) is 10.1. The van der Waals surface area contributed by atoms with Crippen LogP contribution in [0, 0.1) is 0 Å². The number of nitrogens with one attached hydrogen (secondary N) is 1. The molecule has 22 heavy (non-hydrogen) atoms. The Morgan fingerprint density at radius 2 is 0.682 bits per heavy atom. The minimum absolute atomic E-state index is 0. The summed E-state index contributed by atoms with van der Waals surface area (Å²) in [5, 5.41) is 3.60. The molecule has 1 N–H and O–H groups in total. The molecule has 0 aromatic heterocycles. The third-order valence-electron chi connectivity index (χ3n) is 4.41. The molecule has 0 aliphatic heterocycles. The van der Waals surface area contributed by atoms with Gasteiger partial charge in [-0.05, 0) is 25.9 Å². The summed E-state index contributed by atoms with van der Waals surface area (Å²) in [5.74, 6) is 0. The molecule has 0 aliphatic carbocycles. The Morgan fingerprint density at radius 3 is 1.00 bits per heavy atom. The summed E-state index contributed by atoms with van der Waals surface area (Å²) in [5.41, 5.74) is 0. The molecule has 0 aromatic carbocycles. The van der Waals surface area contributed by atoms with Crippen LogP contribution in [0.15, 0.2) is 0 Å². The average Bonchev–Trinajstić information content (AvgIpc) is 2.50. The van der Waals surface area contributed by atoms with Crippen molar-refractivity contribution in [2.24, 2.45) is 0 Å². The van der Waals surface area contributed by atoms with Gasteiger partial charge in [0, 0.05) is 0 Å². The Bertz CT molecular complexity index is 155. The van der Waals surface area contributed by atoms with Crippen molar-refractivity contribution in [3.05, 3.63) is 0 Å². The topological polar surface area (TPSA) is 12.0 Å². The Kier molecular flexibility index (Phi) is 26.2. The molecule has 0 spiro atoms. The molecule has 0 aromatic rings. The van der Waals surface area contributed by atoms with Crippen LogP contribution in [-0.4, -0.2) is 13.1 Å². The minimum atomic E-state index is 0. The molecular formula is C20H44ClN. The molecule has 0 radical (unpaired) electrons. The van der Waals surface area contributed by atoms with Crippen molar-refractivity contribution in [2.75, 3.05) is 13.1 Å². The van der Waals surface area contributed by atoms with E-state index in [-0.39, 0.29) is 12.4 Å². The van der Waals surface area contributed by atoms with E-state index in [9.17, 15) is 0 Å². The number of hydrogen-bond donors (Lipinski definition) is 1. The van der Waals surface area contributed by atoms with Gasteiger partial charge in [0.15, 0.2) is 0 Å². The van der Waals surface area contributed by atoms with Gasteiger partial charge in [-0.3, -0.25) is 0 Å². The SMILES string of the molecule is CCCCCCCCCCCCNCCCCCCCC.Cl. The van der Waals surface area contributed by atoms with Gasteiger partial charge in [0.05, 0.1) is 0 Å². The molecule has 0 saturated heterocycles. The van der Waals surface area contributed by atoms with Gasteiger partial charge in [-0.25, -0.2) is 0 Å². The summed E-state index contributed by atoms with van der Waals surface area (Å²) in [6.07, 6.45) is 22.8. The van der Waals surface area contributed by atoms with E-state index in [4.69, 9.17) is 0 Å². The van der Waals surface area contributed by atoms with Crippen LogP contribution in [0.2, 0.25) is 0 Å². The summed E-state index contributed by atoms with van der Waals surface area (Å²) >= 11 is 0. The Labute approximate surface area is 147 Å². The van der Waals surface area contributed by atoms with E-state index in [0.29, 0.717) is 0 Å². The Morgan fingerprint density at radius 1 is 0.409 bits per heavy atom. The smallest absolute Gasteiger partial charge is 0.00489 e. The number of halogens is 1. The molecule has 2 heteroatoms. The lowest BCUT2D eigenvalue weighted by molar-refractivity contribution is 0.531. The fourth-order valence-corrected chi connectivity index (χ4v) is 2.89. The van der Waals surface area contributed by atoms with Crippen molar-refractivity contribution in [1.29, 1.82) is 0 Å². The highest BCUT2D eigenvalue weighted by molar-refractivity contribution is 5.85. The fourth-order valence-electron chi connectivity index (χ4n) is 2.89. The van der Waals surface area contributed by atoms with E-state index in [0.717, 1.165) is 0 Å². The van der Waals surface area contributed by atoms with Gasteiger partial charge in [-0.1, -0.05) is 104 Å². The van der Waals surface area contributed by atoms with E-state index < -0.39 is 0 Å². The van der Waals surface area contributed by atoms with Gasteiger partial charge in [-0.2, -0.15) is 0 Å². The summed E-state index contributed by atoms with van der Waals surface area (Å²) in [7, 11) is 0. The molecular weight excluding hydrogens is 290 g/mol. The van der Waals surface area contributed by atoms with Crippen LogP contribution in [0.5, 0.6) is 0 Å². The zero-order valence-corrected chi connectivity index (χ0v) is 16.5. The van der Waals surface area contributed by atoms with E-state index in [1.54, 1.807) is 0 Å². The second kappa shape index (κ2) is 23.5. The van der Waals surface area contributed by atoms with Crippen LogP contribution in [0.3, 0.4) is 0 Å². The number of rotatable bonds is 18. The third kappa shape index (κ3) is 22.5. The molecule has 0 heterocycles.